The number of nitrogens with one attached hydrogen (secondary N) is 1. The smallest absolute Gasteiger partial charge is 0.254 e. The Balaban J connectivity index is 0.000000221. The second kappa shape index (κ2) is 12.2. The zero-order valence-corrected chi connectivity index (χ0v) is 21.0. The van der Waals surface area contributed by atoms with E-state index in [9.17, 15) is 9.59 Å². The number of carbonyl (C=O) groups is 2. The fourth-order valence-corrected chi connectivity index (χ4v) is 5.49. The largest absolute Gasteiger partial charge is 0.358 e. The van der Waals surface area contributed by atoms with Crippen molar-refractivity contribution in [2.24, 2.45) is 0 Å². The maximum atomic E-state index is 13.2. The van der Waals surface area contributed by atoms with Gasteiger partial charge in [-0.05, 0) is 72.7 Å². The molecule has 1 aliphatic heterocycles. The van der Waals surface area contributed by atoms with Crippen LogP contribution in [0.4, 0.5) is 0 Å². The molecule has 5 rings (SSSR count). The number of rotatable bonds is 6. The molecule has 1 N–H and O–H groups in total. The molecule has 1 unspecified atom stereocenters. The maximum absolute atomic E-state index is 13.2. The number of benzene rings is 2. The Morgan fingerprint density at radius 2 is 1.77 bits per heavy atom. The van der Waals surface area contributed by atoms with Crippen LogP contribution in [0.3, 0.4) is 0 Å². The van der Waals surface area contributed by atoms with Gasteiger partial charge in [0.05, 0.1) is 6.04 Å². The number of halogens is 2. The summed E-state index contributed by atoms with van der Waals surface area (Å²) in [5.41, 5.74) is 4.13. The molecule has 1 aliphatic carbocycles. The number of carbonyl (C=O) groups excluding carboxylic acids is 2. The number of amides is 2. The summed E-state index contributed by atoms with van der Waals surface area (Å²) in [5, 5.41) is 3.86. The van der Waals surface area contributed by atoms with E-state index >= 15 is 0 Å². The maximum Gasteiger partial charge on any atom is 0.254 e. The van der Waals surface area contributed by atoms with Gasteiger partial charge in [0.1, 0.15) is 0 Å². The Hall–Kier alpha value is -2.89. The standard InChI is InChI=1S/C20H19Cl2NO.C8H10N2O/c21-14-9-10-17(18(22)12-14)19-11-13-5-1-4-8-16(13)20(24)23(19)15-6-2-3-7-15;11-7-10-6-3-8-1-4-9-5-2-8/h1,4-5,8-10,12,15,19H,2-3,6-7,11H2;1-2,4-5,7H,3,6H2,(H,10,11). The molecule has 0 spiro atoms. The highest BCUT2D eigenvalue weighted by Crippen LogP contribution is 2.41. The van der Waals surface area contributed by atoms with Crippen molar-refractivity contribution in [2.45, 2.75) is 50.6 Å². The Morgan fingerprint density at radius 3 is 2.49 bits per heavy atom. The molecule has 0 radical (unpaired) electrons. The first-order valence-corrected chi connectivity index (χ1v) is 12.8. The van der Waals surface area contributed by atoms with E-state index in [1.165, 1.54) is 18.4 Å². The van der Waals surface area contributed by atoms with Crippen LogP contribution in [0, 0.1) is 0 Å². The van der Waals surface area contributed by atoms with E-state index < -0.39 is 0 Å². The quantitative estimate of drug-likeness (QED) is 0.325. The number of aromatic nitrogens is 1. The van der Waals surface area contributed by atoms with E-state index in [4.69, 9.17) is 23.2 Å². The molecule has 0 bridgehead atoms. The summed E-state index contributed by atoms with van der Waals surface area (Å²) in [4.78, 5) is 29.1. The molecule has 1 atom stereocenters. The van der Waals surface area contributed by atoms with Crippen molar-refractivity contribution in [2.75, 3.05) is 6.54 Å². The molecule has 2 amide bonds. The fraction of sp³-hybridized carbons (Fsp3) is 0.321. The molecule has 2 aromatic carbocycles. The van der Waals surface area contributed by atoms with Gasteiger partial charge in [-0.3, -0.25) is 14.6 Å². The summed E-state index contributed by atoms with van der Waals surface area (Å²) < 4.78 is 0. The van der Waals surface area contributed by atoms with E-state index in [2.05, 4.69) is 21.3 Å². The Bertz CT molecular complexity index is 1150. The minimum atomic E-state index is -0.0136. The van der Waals surface area contributed by atoms with E-state index in [0.717, 1.165) is 42.4 Å². The third kappa shape index (κ3) is 6.22. The van der Waals surface area contributed by atoms with Crippen molar-refractivity contribution in [3.63, 3.8) is 0 Å². The Kier molecular flexibility index (Phi) is 8.78. The molecular formula is C28H29Cl2N3O2. The zero-order valence-electron chi connectivity index (χ0n) is 19.5. The number of nitrogens with zero attached hydrogens (tertiary/aromatic N) is 2. The highest BCUT2D eigenvalue weighted by molar-refractivity contribution is 6.35. The molecular weight excluding hydrogens is 481 g/mol. The van der Waals surface area contributed by atoms with Crippen LogP contribution in [0.1, 0.15) is 58.8 Å². The van der Waals surface area contributed by atoms with Crippen LogP contribution in [-0.2, 0) is 17.6 Å². The normalized spacial score (nSPS) is 17.4. The lowest BCUT2D eigenvalue weighted by Crippen LogP contribution is -2.45. The minimum absolute atomic E-state index is 0.0136. The summed E-state index contributed by atoms with van der Waals surface area (Å²) >= 11 is 12.6. The van der Waals surface area contributed by atoms with Crippen LogP contribution in [0.5, 0.6) is 0 Å². The summed E-state index contributed by atoms with van der Waals surface area (Å²) in [5.74, 6) is 0.139. The molecule has 1 fully saturated rings. The molecule has 182 valence electrons. The van der Waals surface area contributed by atoms with E-state index in [-0.39, 0.29) is 11.9 Å². The number of pyridine rings is 1. The monoisotopic (exact) mass is 509 g/mol. The van der Waals surface area contributed by atoms with Gasteiger partial charge in [-0.1, -0.05) is 60.3 Å². The third-order valence-electron chi connectivity index (χ3n) is 6.66. The molecule has 35 heavy (non-hydrogen) atoms. The predicted octanol–water partition coefficient (Wildman–Crippen LogP) is 6.05. The molecule has 2 heterocycles. The van der Waals surface area contributed by atoms with Gasteiger partial charge < -0.3 is 10.2 Å². The molecule has 3 aromatic rings. The zero-order chi connectivity index (χ0) is 24.6. The highest BCUT2D eigenvalue weighted by atomic mass is 35.5. The average Bonchev–Trinajstić information content (AvgIpc) is 3.40. The van der Waals surface area contributed by atoms with Gasteiger partial charge in [-0.25, -0.2) is 0 Å². The van der Waals surface area contributed by atoms with Gasteiger partial charge in [-0.2, -0.15) is 0 Å². The molecule has 0 saturated heterocycles. The molecule has 2 aliphatic rings. The lowest BCUT2D eigenvalue weighted by atomic mass is 9.88. The van der Waals surface area contributed by atoms with Gasteiger partial charge in [0.15, 0.2) is 0 Å². The van der Waals surface area contributed by atoms with E-state index in [0.29, 0.717) is 29.0 Å². The van der Waals surface area contributed by atoms with Crippen molar-refractivity contribution in [3.8, 4) is 0 Å². The molecule has 1 saturated carbocycles. The predicted molar refractivity (Wildman–Crippen MR) is 140 cm³/mol. The number of hydrogen-bond acceptors (Lipinski definition) is 3. The van der Waals surface area contributed by atoms with Crippen LogP contribution in [0.15, 0.2) is 67.0 Å². The highest BCUT2D eigenvalue weighted by Gasteiger charge is 2.39. The Labute approximate surface area is 216 Å². The van der Waals surface area contributed by atoms with Gasteiger partial charge >= 0.3 is 0 Å². The summed E-state index contributed by atoms with van der Waals surface area (Å²) in [6.45, 7) is 0.688. The van der Waals surface area contributed by atoms with Crippen molar-refractivity contribution in [1.82, 2.24) is 15.2 Å². The minimum Gasteiger partial charge on any atom is -0.358 e. The van der Waals surface area contributed by atoms with Crippen LogP contribution in [0.2, 0.25) is 10.0 Å². The molecule has 1 aromatic heterocycles. The van der Waals surface area contributed by atoms with E-state index in [1.54, 1.807) is 18.5 Å². The first kappa shape index (κ1) is 25.2. The Morgan fingerprint density at radius 1 is 1.03 bits per heavy atom. The van der Waals surface area contributed by atoms with Gasteiger partial charge in [-0.15, -0.1) is 0 Å². The van der Waals surface area contributed by atoms with Gasteiger partial charge in [0.2, 0.25) is 6.41 Å². The van der Waals surface area contributed by atoms with Gasteiger partial charge in [0, 0.05) is 40.6 Å². The second-order valence-electron chi connectivity index (χ2n) is 8.87. The van der Waals surface area contributed by atoms with Crippen molar-refractivity contribution in [3.05, 3.63) is 99.3 Å². The van der Waals surface area contributed by atoms with Gasteiger partial charge in [0.25, 0.3) is 5.91 Å². The van der Waals surface area contributed by atoms with Crippen molar-refractivity contribution < 1.29 is 9.59 Å². The van der Waals surface area contributed by atoms with E-state index in [1.807, 2.05) is 42.5 Å². The van der Waals surface area contributed by atoms with Crippen molar-refractivity contribution >= 4 is 35.5 Å². The van der Waals surface area contributed by atoms with Crippen molar-refractivity contribution in [1.29, 1.82) is 0 Å². The lowest BCUT2D eigenvalue weighted by Gasteiger charge is -2.41. The third-order valence-corrected chi connectivity index (χ3v) is 7.22. The second-order valence-corrected chi connectivity index (χ2v) is 9.71. The van der Waals surface area contributed by atoms with Crippen LogP contribution in [0.25, 0.3) is 0 Å². The number of fused-ring (bicyclic) bond motifs is 1. The summed E-state index contributed by atoms with van der Waals surface area (Å²) in [6, 6.07) is 17.7. The fourth-order valence-electron chi connectivity index (χ4n) is 4.95. The summed E-state index contributed by atoms with van der Waals surface area (Å²) in [6.07, 6.45) is 10.4. The SMILES string of the molecule is O=C1c2ccccc2CC(c2ccc(Cl)cc2Cl)N1C1CCCC1.O=CNCCc1ccncc1. The van der Waals surface area contributed by atoms with Crippen LogP contribution in [-0.4, -0.2) is 34.8 Å². The lowest BCUT2D eigenvalue weighted by molar-refractivity contribution is -0.109. The first-order chi connectivity index (χ1) is 17.1. The molecule has 5 nitrogen and oxygen atoms in total. The topological polar surface area (TPSA) is 62.3 Å². The van der Waals surface area contributed by atoms with Crippen LogP contribution < -0.4 is 5.32 Å². The molecule has 7 heteroatoms. The summed E-state index contributed by atoms with van der Waals surface area (Å²) in [7, 11) is 0. The first-order valence-electron chi connectivity index (χ1n) is 12.0. The van der Waals surface area contributed by atoms with Crippen LogP contribution >= 0.6 is 23.2 Å². The number of hydrogen-bond donors (Lipinski definition) is 1. The average molecular weight is 510 g/mol.